The van der Waals surface area contributed by atoms with Crippen LogP contribution in [0.25, 0.3) is 0 Å². The summed E-state index contributed by atoms with van der Waals surface area (Å²) in [5.74, 6) is 0.854. The van der Waals surface area contributed by atoms with E-state index in [0.29, 0.717) is 18.7 Å². The zero-order valence-corrected chi connectivity index (χ0v) is 12.1. The minimum absolute atomic E-state index is 0.140. The highest BCUT2D eigenvalue weighted by molar-refractivity contribution is 5.53. The Kier molecular flexibility index (Phi) is 4.77. The molecule has 0 aliphatic carbocycles. The van der Waals surface area contributed by atoms with Crippen molar-refractivity contribution in [3.05, 3.63) is 63.7 Å². The first kappa shape index (κ1) is 14.8. The molecule has 2 aromatic carbocycles. The predicted molar refractivity (Wildman–Crippen MR) is 82.8 cm³/mol. The Balaban J connectivity index is 1.99. The summed E-state index contributed by atoms with van der Waals surface area (Å²) in [4.78, 5) is 10.4. The number of ether oxygens (including phenoxy) is 1. The molecule has 0 atom stereocenters. The molecule has 110 valence electrons. The summed E-state index contributed by atoms with van der Waals surface area (Å²) in [6.45, 7) is 5.00. The minimum atomic E-state index is -0.369. The quantitative estimate of drug-likeness (QED) is 0.646. The standard InChI is InChI=1S/C16H18N2O3/c1-3-21-15-7-4-13(5-8-15)11-17-14-6-9-16(18(19)20)12(2)10-14/h4-10,17H,3,11H2,1-2H3. The van der Waals surface area contributed by atoms with Crippen LogP contribution in [0.5, 0.6) is 5.75 Å². The van der Waals surface area contributed by atoms with Gasteiger partial charge in [0.05, 0.1) is 11.5 Å². The Morgan fingerprint density at radius 1 is 1.19 bits per heavy atom. The highest BCUT2D eigenvalue weighted by Crippen LogP contribution is 2.22. The van der Waals surface area contributed by atoms with Gasteiger partial charge in [-0.1, -0.05) is 12.1 Å². The fourth-order valence-electron chi connectivity index (χ4n) is 2.04. The van der Waals surface area contributed by atoms with Crippen molar-refractivity contribution in [3.63, 3.8) is 0 Å². The van der Waals surface area contributed by atoms with Crippen molar-refractivity contribution in [2.75, 3.05) is 11.9 Å². The van der Waals surface area contributed by atoms with Crippen LogP contribution < -0.4 is 10.1 Å². The third-order valence-corrected chi connectivity index (χ3v) is 3.12. The summed E-state index contributed by atoms with van der Waals surface area (Å²) < 4.78 is 5.39. The molecule has 5 heteroatoms. The van der Waals surface area contributed by atoms with E-state index in [1.54, 1.807) is 19.1 Å². The Hall–Kier alpha value is -2.56. The number of nitro benzene ring substituents is 1. The van der Waals surface area contributed by atoms with E-state index < -0.39 is 0 Å². The van der Waals surface area contributed by atoms with Gasteiger partial charge in [-0.05, 0) is 43.7 Å². The summed E-state index contributed by atoms with van der Waals surface area (Å²) >= 11 is 0. The molecular formula is C16H18N2O3. The maximum absolute atomic E-state index is 10.8. The Bertz CT molecular complexity index is 624. The van der Waals surface area contributed by atoms with E-state index in [0.717, 1.165) is 17.0 Å². The summed E-state index contributed by atoms with van der Waals surface area (Å²) in [7, 11) is 0. The molecule has 0 bridgehead atoms. The average molecular weight is 286 g/mol. The fourth-order valence-corrected chi connectivity index (χ4v) is 2.04. The third-order valence-electron chi connectivity index (χ3n) is 3.12. The number of nitrogens with zero attached hydrogens (tertiary/aromatic N) is 1. The molecule has 0 radical (unpaired) electrons. The lowest BCUT2D eigenvalue weighted by molar-refractivity contribution is -0.385. The van der Waals surface area contributed by atoms with Crippen molar-refractivity contribution in [2.24, 2.45) is 0 Å². The van der Waals surface area contributed by atoms with Gasteiger partial charge in [0.15, 0.2) is 0 Å². The van der Waals surface area contributed by atoms with Crippen molar-refractivity contribution in [1.29, 1.82) is 0 Å². The molecule has 21 heavy (non-hydrogen) atoms. The Labute approximate surface area is 123 Å². The summed E-state index contributed by atoms with van der Waals surface area (Å²) in [5, 5.41) is 14.0. The van der Waals surface area contributed by atoms with Gasteiger partial charge in [0, 0.05) is 23.9 Å². The van der Waals surface area contributed by atoms with Gasteiger partial charge in [-0.25, -0.2) is 0 Å². The molecule has 0 heterocycles. The number of nitro groups is 1. The first-order chi connectivity index (χ1) is 10.1. The van der Waals surface area contributed by atoms with Crippen LogP contribution >= 0.6 is 0 Å². The molecule has 0 spiro atoms. The van der Waals surface area contributed by atoms with Crippen LogP contribution in [-0.4, -0.2) is 11.5 Å². The molecule has 0 saturated heterocycles. The predicted octanol–water partition coefficient (Wildman–Crippen LogP) is 3.91. The van der Waals surface area contributed by atoms with E-state index >= 15 is 0 Å². The topological polar surface area (TPSA) is 64.4 Å². The van der Waals surface area contributed by atoms with Gasteiger partial charge in [0.1, 0.15) is 5.75 Å². The number of hydrogen-bond donors (Lipinski definition) is 1. The monoisotopic (exact) mass is 286 g/mol. The molecule has 1 N–H and O–H groups in total. The van der Waals surface area contributed by atoms with Gasteiger partial charge >= 0.3 is 0 Å². The van der Waals surface area contributed by atoms with Crippen LogP contribution in [-0.2, 0) is 6.54 Å². The molecule has 0 aliphatic heterocycles. The highest BCUT2D eigenvalue weighted by Gasteiger charge is 2.09. The zero-order valence-electron chi connectivity index (χ0n) is 12.1. The van der Waals surface area contributed by atoms with E-state index in [1.807, 2.05) is 31.2 Å². The van der Waals surface area contributed by atoms with Crippen LogP contribution in [0.1, 0.15) is 18.1 Å². The van der Waals surface area contributed by atoms with Gasteiger partial charge in [-0.3, -0.25) is 10.1 Å². The van der Waals surface area contributed by atoms with Crippen molar-refractivity contribution < 1.29 is 9.66 Å². The van der Waals surface area contributed by atoms with E-state index in [2.05, 4.69) is 5.32 Å². The van der Waals surface area contributed by atoms with E-state index in [1.165, 1.54) is 6.07 Å². The second-order valence-electron chi connectivity index (χ2n) is 4.69. The lowest BCUT2D eigenvalue weighted by Crippen LogP contribution is -2.01. The Morgan fingerprint density at radius 2 is 1.90 bits per heavy atom. The largest absolute Gasteiger partial charge is 0.494 e. The number of benzene rings is 2. The second-order valence-corrected chi connectivity index (χ2v) is 4.69. The van der Waals surface area contributed by atoms with Gasteiger partial charge in [0.25, 0.3) is 5.69 Å². The SMILES string of the molecule is CCOc1ccc(CNc2ccc([N+](=O)[O-])c(C)c2)cc1. The number of aryl methyl sites for hydroxylation is 1. The molecule has 0 amide bonds. The molecule has 0 saturated carbocycles. The normalized spacial score (nSPS) is 10.2. The number of nitrogens with one attached hydrogen (secondary N) is 1. The molecular weight excluding hydrogens is 268 g/mol. The summed E-state index contributed by atoms with van der Waals surface area (Å²) in [6.07, 6.45) is 0. The first-order valence-corrected chi connectivity index (χ1v) is 6.81. The van der Waals surface area contributed by atoms with Crippen molar-refractivity contribution in [1.82, 2.24) is 0 Å². The van der Waals surface area contributed by atoms with Crippen LogP contribution in [0.3, 0.4) is 0 Å². The molecule has 0 aromatic heterocycles. The lowest BCUT2D eigenvalue weighted by Gasteiger charge is -2.09. The third kappa shape index (κ3) is 3.95. The minimum Gasteiger partial charge on any atom is -0.494 e. The highest BCUT2D eigenvalue weighted by atomic mass is 16.6. The van der Waals surface area contributed by atoms with Crippen molar-refractivity contribution in [3.8, 4) is 5.75 Å². The lowest BCUT2D eigenvalue weighted by atomic mass is 10.1. The molecule has 0 unspecified atom stereocenters. The maximum atomic E-state index is 10.8. The van der Waals surface area contributed by atoms with Crippen molar-refractivity contribution >= 4 is 11.4 Å². The smallest absolute Gasteiger partial charge is 0.272 e. The van der Waals surface area contributed by atoms with E-state index in [9.17, 15) is 10.1 Å². The molecule has 0 fully saturated rings. The number of rotatable bonds is 6. The number of anilines is 1. The number of hydrogen-bond acceptors (Lipinski definition) is 4. The van der Waals surface area contributed by atoms with Crippen LogP contribution in [0.4, 0.5) is 11.4 Å². The van der Waals surface area contributed by atoms with Crippen LogP contribution in [0, 0.1) is 17.0 Å². The molecule has 2 rings (SSSR count). The van der Waals surface area contributed by atoms with Crippen molar-refractivity contribution in [2.45, 2.75) is 20.4 Å². The summed E-state index contributed by atoms with van der Waals surface area (Å²) in [5.41, 5.74) is 2.78. The molecule has 2 aromatic rings. The Morgan fingerprint density at radius 3 is 2.48 bits per heavy atom. The van der Waals surface area contributed by atoms with Crippen LogP contribution in [0.15, 0.2) is 42.5 Å². The van der Waals surface area contributed by atoms with E-state index in [-0.39, 0.29) is 10.6 Å². The molecule has 5 nitrogen and oxygen atoms in total. The van der Waals surface area contributed by atoms with Gasteiger partial charge < -0.3 is 10.1 Å². The van der Waals surface area contributed by atoms with Gasteiger partial charge in [0.2, 0.25) is 0 Å². The first-order valence-electron chi connectivity index (χ1n) is 6.81. The van der Waals surface area contributed by atoms with Gasteiger partial charge in [-0.2, -0.15) is 0 Å². The summed E-state index contributed by atoms with van der Waals surface area (Å²) in [6, 6.07) is 12.9. The second kappa shape index (κ2) is 6.74. The zero-order chi connectivity index (χ0) is 15.2. The van der Waals surface area contributed by atoms with E-state index in [4.69, 9.17) is 4.74 Å². The van der Waals surface area contributed by atoms with Gasteiger partial charge in [-0.15, -0.1) is 0 Å². The van der Waals surface area contributed by atoms with Crippen LogP contribution in [0.2, 0.25) is 0 Å². The molecule has 0 aliphatic rings. The fraction of sp³-hybridized carbons (Fsp3) is 0.250. The maximum Gasteiger partial charge on any atom is 0.272 e. The average Bonchev–Trinajstić information content (AvgIpc) is 2.46.